The maximum absolute atomic E-state index is 13.3. The van der Waals surface area contributed by atoms with Crippen molar-refractivity contribution in [2.24, 2.45) is 0 Å². The molecule has 1 aliphatic rings. The number of halogens is 2. The summed E-state index contributed by atoms with van der Waals surface area (Å²) in [5.41, 5.74) is 1.75. The first-order chi connectivity index (χ1) is 11.1. The summed E-state index contributed by atoms with van der Waals surface area (Å²) in [6, 6.07) is 10.9. The van der Waals surface area contributed by atoms with Crippen LogP contribution >= 0.6 is 11.6 Å². The molecular weight excluding hydrogens is 319 g/mol. The minimum absolute atomic E-state index is 0.271. The molecule has 0 aromatic heterocycles. The molecule has 0 radical (unpaired) electrons. The van der Waals surface area contributed by atoms with Crippen molar-refractivity contribution in [1.82, 2.24) is 0 Å². The molecule has 0 bridgehead atoms. The average molecular weight is 335 g/mol. The highest BCUT2D eigenvalue weighted by molar-refractivity contribution is 6.31. The van der Waals surface area contributed by atoms with Gasteiger partial charge in [0.05, 0.1) is 24.6 Å². The van der Waals surface area contributed by atoms with Crippen molar-refractivity contribution in [3.05, 3.63) is 58.9 Å². The van der Waals surface area contributed by atoms with Crippen molar-refractivity contribution in [2.45, 2.75) is 0 Å². The zero-order chi connectivity index (χ0) is 16.2. The molecule has 2 aromatic carbocycles. The van der Waals surface area contributed by atoms with Crippen molar-refractivity contribution in [3.8, 4) is 0 Å². The topological polar surface area (TPSA) is 41.6 Å². The number of ether oxygens (including phenoxy) is 1. The minimum atomic E-state index is -0.442. The number of carbonyl (C=O) groups excluding carboxylic acids is 1. The van der Waals surface area contributed by atoms with Crippen molar-refractivity contribution in [1.29, 1.82) is 0 Å². The molecular formula is C17H16ClFN2O2. The molecule has 1 saturated heterocycles. The molecule has 1 fully saturated rings. The number of anilines is 2. The van der Waals surface area contributed by atoms with E-state index in [0.29, 0.717) is 23.9 Å². The third-order valence-corrected chi connectivity index (χ3v) is 3.88. The van der Waals surface area contributed by atoms with Gasteiger partial charge in [0.1, 0.15) is 5.82 Å². The van der Waals surface area contributed by atoms with Crippen LogP contribution in [0.4, 0.5) is 15.8 Å². The predicted octanol–water partition coefficient (Wildman–Crippen LogP) is 3.57. The lowest BCUT2D eigenvalue weighted by Gasteiger charge is -2.30. The minimum Gasteiger partial charge on any atom is -0.378 e. The van der Waals surface area contributed by atoms with E-state index in [-0.39, 0.29) is 11.5 Å². The molecule has 0 saturated carbocycles. The second kappa shape index (κ2) is 6.98. The second-order valence-corrected chi connectivity index (χ2v) is 5.66. The molecule has 23 heavy (non-hydrogen) atoms. The molecule has 6 heteroatoms. The van der Waals surface area contributed by atoms with Gasteiger partial charge in [0, 0.05) is 23.7 Å². The van der Waals surface area contributed by atoms with Crippen LogP contribution in [0.2, 0.25) is 5.02 Å². The van der Waals surface area contributed by atoms with Gasteiger partial charge in [-0.1, -0.05) is 17.7 Å². The lowest BCUT2D eigenvalue weighted by molar-refractivity contribution is 0.102. The van der Waals surface area contributed by atoms with E-state index >= 15 is 0 Å². The van der Waals surface area contributed by atoms with E-state index < -0.39 is 5.82 Å². The van der Waals surface area contributed by atoms with Gasteiger partial charge in [0.2, 0.25) is 0 Å². The summed E-state index contributed by atoms with van der Waals surface area (Å²) in [6.07, 6.45) is 0. The van der Waals surface area contributed by atoms with E-state index in [1.807, 2.05) is 6.07 Å². The number of benzene rings is 2. The van der Waals surface area contributed by atoms with Gasteiger partial charge in [0.15, 0.2) is 0 Å². The Labute approximate surface area is 138 Å². The van der Waals surface area contributed by atoms with Crippen LogP contribution in [0.25, 0.3) is 0 Å². The van der Waals surface area contributed by atoms with Crippen molar-refractivity contribution in [2.75, 3.05) is 36.5 Å². The van der Waals surface area contributed by atoms with Crippen LogP contribution in [0.1, 0.15) is 10.4 Å². The van der Waals surface area contributed by atoms with E-state index in [4.69, 9.17) is 16.3 Å². The molecule has 1 amide bonds. The Kier molecular flexibility index (Phi) is 4.79. The normalized spacial score (nSPS) is 14.6. The maximum atomic E-state index is 13.3. The number of nitrogens with zero attached hydrogens (tertiary/aromatic N) is 1. The Morgan fingerprint density at radius 3 is 2.70 bits per heavy atom. The zero-order valence-corrected chi connectivity index (χ0v) is 13.1. The Bertz CT molecular complexity index is 717. The van der Waals surface area contributed by atoms with Crippen LogP contribution in [0, 0.1) is 5.82 Å². The van der Waals surface area contributed by atoms with Crippen molar-refractivity contribution >= 4 is 28.9 Å². The quantitative estimate of drug-likeness (QED) is 0.933. The lowest BCUT2D eigenvalue weighted by atomic mass is 10.2. The molecule has 0 aliphatic carbocycles. The number of hydrogen-bond donors (Lipinski definition) is 1. The highest BCUT2D eigenvalue weighted by Gasteiger charge is 2.17. The third kappa shape index (κ3) is 3.81. The third-order valence-electron chi connectivity index (χ3n) is 3.65. The average Bonchev–Trinajstić information content (AvgIpc) is 2.57. The van der Waals surface area contributed by atoms with Gasteiger partial charge in [-0.2, -0.15) is 0 Å². The van der Waals surface area contributed by atoms with Gasteiger partial charge in [-0.15, -0.1) is 0 Å². The second-order valence-electron chi connectivity index (χ2n) is 5.23. The summed E-state index contributed by atoms with van der Waals surface area (Å²) in [6.45, 7) is 2.71. The van der Waals surface area contributed by atoms with Gasteiger partial charge in [-0.3, -0.25) is 4.79 Å². The zero-order valence-electron chi connectivity index (χ0n) is 12.4. The number of hydrogen-bond acceptors (Lipinski definition) is 3. The van der Waals surface area contributed by atoms with E-state index in [2.05, 4.69) is 10.2 Å². The summed E-state index contributed by atoms with van der Waals surface area (Å²) in [5, 5.41) is 3.42. The smallest absolute Gasteiger partial charge is 0.255 e. The van der Waals surface area contributed by atoms with Crippen molar-refractivity contribution < 1.29 is 13.9 Å². The Morgan fingerprint density at radius 2 is 1.96 bits per heavy atom. The van der Waals surface area contributed by atoms with Crippen LogP contribution in [0.5, 0.6) is 0 Å². The summed E-state index contributed by atoms with van der Waals surface area (Å²) >= 11 is 6.09. The molecule has 3 rings (SSSR count). The first kappa shape index (κ1) is 15.8. The summed E-state index contributed by atoms with van der Waals surface area (Å²) < 4.78 is 18.6. The van der Waals surface area contributed by atoms with Gasteiger partial charge in [-0.05, 0) is 36.4 Å². The molecule has 0 unspecified atom stereocenters. The fourth-order valence-corrected chi connectivity index (χ4v) is 2.67. The summed E-state index contributed by atoms with van der Waals surface area (Å²) in [4.78, 5) is 14.4. The van der Waals surface area contributed by atoms with Gasteiger partial charge >= 0.3 is 0 Å². The predicted molar refractivity (Wildman–Crippen MR) is 88.8 cm³/mol. The highest BCUT2D eigenvalue weighted by Crippen LogP contribution is 2.30. The van der Waals surface area contributed by atoms with E-state index in [9.17, 15) is 9.18 Å². The van der Waals surface area contributed by atoms with Crippen LogP contribution < -0.4 is 10.2 Å². The number of amides is 1. The summed E-state index contributed by atoms with van der Waals surface area (Å²) in [7, 11) is 0. The van der Waals surface area contributed by atoms with Gasteiger partial charge in [0.25, 0.3) is 5.91 Å². The lowest BCUT2D eigenvalue weighted by Crippen LogP contribution is -2.36. The molecule has 0 spiro atoms. The first-order valence-corrected chi connectivity index (χ1v) is 7.70. The first-order valence-electron chi connectivity index (χ1n) is 7.32. The largest absolute Gasteiger partial charge is 0.378 e. The number of rotatable bonds is 3. The molecule has 0 atom stereocenters. The van der Waals surface area contributed by atoms with Crippen LogP contribution in [-0.2, 0) is 4.74 Å². The molecule has 120 valence electrons. The Hall–Kier alpha value is -2.11. The molecule has 1 heterocycles. The summed E-state index contributed by atoms with van der Waals surface area (Å²) in [5.74, 6) is -0.802. The Balaban J connectivity index is 1.85. The van der Waals surface area contributed by atoms with Crippen molar-refractivity contribution in [3.63, 3.8) is 0 Å². The number of morpholine rings is 1. The van der Waals surface area contributed by atoms with Crippen LogP contribution in [0.15, 0.2) is 42.5 Å². The van der Waals surface area contributed by atoms with Gasteiger partial charge < -0.3 is 15.0 Å². The van der Waals surface area contributed by atoms with E-state index in [1.165, 1.54) is 18.2 Å². The van der Waals surface area contributed by atoms with E-state index in [0.717, 1.165) is 18.8 Å². The molecule has 2 aromatic rings. The molecule has 1 N–H and O–H groups in total. The molecule has 1 aliphatic heterocycles. The standard InChI is InChI=1S/C17H16ClFN2O2/c18-13-4-5-15(16(11-13)21-6-8-23-9-7-21)20-17(22)12-2-1-3-14(19)10-12/h1-5,10-11H,6-9H2,(H,20,22). The highest BCUT2D eigenvalue weighted by atomic mass is 35.5. The number of nitrogens with one attached hydrogen (secondary N) is 1. The van der Waals surface area contributed by atoms with Gasteiger partial charge in [-0.25, -0.2) is 4.39 Å². The number of carbonyl (C=O) groups is 1. The van der Waals surface area contributed by atoms with Crippen LogP contribution in [0.3, 0.4) is 0 Å². The monoisotopic (exact) mass is 334 g/mol. The molecule has 4 nitrogen and oxygen atoms in total. The van der Waals surface area contributed by atoms with E-state index in [1.54, 1.807) is 18.2 Å². The van der Waals surface area contributed by atoms with Crippen LogP contribution in [-0.4, -0.2) is 32.2 Å². The maximum Gasteiger partial charge on any atom is 0.255 e. The fraction of sp³-hybridized carbons (Fsp3) is 0.235. The Morgan fingerprint density at radius 1 is 1.17 bits per heavy atom. The fourth-order valence-electron chi connectivity index (χ4n) is 2.50. The SMILES string of the molecule is O=C(Nc1ccc(Cl)cc1N1CCOCC1)c1cccc(F)c1.